The number of nitrogens with two attached hydrogens (primary N) is 1. The van der Waals surface area contributed by atoms with Gasteiger partial charge in [0, 0.05) is 54.9 Å². The van der Waals surface area contributed by atoms with Gasteiger partial charge in [-0.05, 0) is 17.7 Å². The summed E-state index contributed by atoms with van der Waals surface area (Å²) in [7, 11) is 0. The second-order valence-corrected chi connectivity index (χ2v) is 7.66. The smallest absolute Gasteiger partial charge is 0.276 e. The van der Waals surface area contributed by atoms with Gasteiger partial charge in [-0.1, -0.05) is 30.3 Å². The number of hydrogen-bond donors (Lipinski definition) is 1. The average molecular weight is 379 g/mol. The van der Waals surface area contributed by atoms with E-state index in [1.807, 2.05) is 17.4 Å². The van der Waals surface area contributed by atoms with E-state index in [2.05, 4.69) is 51.3 Å². The van der Waals surface area contributed by atoms with E-state index in [1.54, 1.807) is 4.90 Å². The third kappa shape index (κ3) is 3.99. The molecule has 0 aliphatic carbocycles. The number of benzene rings is 1. The number of carbonyl (C=O) groups is 1. The molecule has 0 unspecified atom stereocenters. The molecule has 0 bridgehead atoms. The SMILES string of the molecule is Nc1nccnc1C(=O)N1CCN(Cc2ccc(-c3ccccc3)s2)CC1. The van der Waals surface area contributed by atoms with Gasteiger partial charge in [0.05, 0.1) is 0 Å². The molecule has 3 aromatic rings. The number of anilines is 1. The Bertz CT molecular complexity index is 919. The van der Waals surface area contributed by atoms with Crippen molar-refractivity contribution in [2.75, 3.05) is 31.9 Å². The fourth-order valence-corrected chi connectivity index (χ4v) is 4.27. The van der Waals surface area contributed by atoms with E-state index in [-0.39, 0.29) is 17.4 Å². The molecule has 4 rings (SSSR count). The summed E-state index contributed by atoms with van der Waals surface area (Å²) in [5, 5.41) is 0. The minimum absolute atomic E-state index is 0.136. The number of nitrogen functional groups attached to an aromatic ring is 1. The van der Waals surface area contributed by atoms with E-state index in [1.165, 1.54) is 27.7 Å². The van der Waals surface area contributed by atoms with E-state index >= 15 is 0 Å². The Morgan fingerprint density at radius 2 is 1.74 bits per heavy atom. The minimum Gasteiger partial charge on any atom is -0.382 e. The summed E-state index contributed by atoms with van der Waals surface area (Å²) in [5.74, 6) is 0.0553. The summed E-state index contributed by atoms with van der Waals surface area (Å²) in [6, 6.07) is 14.8. The summed E-state index contributed by atoms with van der Waals surface area (Å²) in [5.41, 5.74) is 7.28. The molecule has 1 saturated heterocycles. The van der Waals surface area contributed by atoms with Crippen molar-refractivity contribution in [2.24, 2.45) is 0 Å². The molecule has 1 aliphatic rings. The van der Waals surface area contributed by atoms with Crippen molar-refractivity contribution < 1.29 is 4.79 Å². The number of thiophene rings is 1. The van der Waals surface area contributed by atoms with Gasteiger partial charge in [-0.15, -0.1) is 11.3 Å². The molecule has 7 heteroatoms. The van der Waals surface area contributed by atoms with Gasteiger partial charge in [0.15, 0.2) is 11.5 Å². The Hall–Kier alpha value is -2.77. The zero-order chi connectivity index (χ0) is 18.6. The van der Waals surface area contributed by atoms with Gasteiger partial charge in [0.1, 0.15) is 0 Å². The lowest BCUT2D eigenvalue weighted by atomic mass is 10.2. The molecule has 0 atom stereocenters. The van der Waals surface area contributed by atoms with Crippen LogP contribution in [0.2, 0.25) is 0 Å². The molecule has 0 saturated carbocycles. The van der Waals surface area contributed by atoms with Crippen LogP contribution in [0.25, 0.3) is 10.4 Å². The summed E-state index contributed by atoms with van der Waals surface area (Å²) in [6.07, 6.45) is 3.00. The van der Waals surface area contributed by atoms with Crippen molar-refractivity contribution in [1.82, 2.24) is 19.8 Å². The Balaban J connectivity index is 1.34. The van der Waals surface area contributed by atoms with Crippen LogP contribution in [0.15, 0.2) is 54.9 Å². The van der Waals surface area contributed by atoms with E-state index in [4.69, 9.17) is 5.73 Å². The topological polar surface area (TPSA) is 75.3 Å². The quantitative estimate of drug-likeness (QED) is 0.754. The van der Waals surface area contributed by atoms with Crippen LogP contribution in [0.4, 0.5) is 5.82 Å². The number of carbonyl (C=O) groups excluding carboxylic acids is 1. The Labute approximate surface area is 162 Å². The molecule has 2 aromatic heterocycles. The van der Waals surface area contributed by atoms with Crippen molar-refractivity contribution >= 4 is 23.1 Å². The molecule has 1 aliphatic heterocycles. The third-order valence-corrected chi connectivity index (χ3v) is 5.81. The first-order valence-corrected chi connectivity index (χ1v) is 9.74. The average Bonchev–Trinajstić information content (AvgIpc) is 3.18. The van der Waals surface area contributed by atoms with Crippen LogP contribution in [0.1, 0.15) is 15.4 Å². The second kappa shape index (κ2) is 7.85. The molecular formula is C20H21N5OS. The molecule has 0 radical (unpaired) electrons. The number of nitrogens with zero attached hydrogens (tertiary/aromatic N) is 4. The van der Waals surface area contributed by atoms with Gasteiger partial charge < -0.3 is 10.6 Å². The van der Waals surface area contributed by atoms with Gasteiger partial charge in [0.2, 0.25) is 0 Å². The molecule has 27 heavy (non-hydrogen) atoms. The fourth-order valence-electron chi connectivity index (χ4n) is 3.21. The first-order valence-electron chi connectivity index (χ1n) is 8.93. The van der Waals surface area contributed by atoms with Gasteiger partial charge in [-0.25, -0.2) is 9.97 Å². The maximum Gasteiger partial charge on any atom is 0.276 e. The highest BCUT2D eigenvalue weighted by Crippen LogP contribution is 2.28. The summed E-state index contributed by atoms with van der Waals surface area (Å²) in [6.45, 7) is 3.93. The second-order valence-electron chi connectivity index (χ2n) is 6.49. The van der Waals surface area contributed by atoms with Crippen LogP contribution in [0.5, 0.6) is 0 Å². The van der Waals surface area contributed by atoms with E-state index in [0.717, 1.165) is 19.6 Å². The van der Waals surface area contributed by atoms with Crippen LogP contribution in [0.3, 0.4) is 0 Å². The number of amides is 1. The fraction of sp³-hybridized carbons (Fsp3) is 0.250. The predicted molar refractivity (Wildman–Crippen MR) is 107 cm³/mol. The predicted octanol–water partition coefficient (Wildman–Crippen LogP) is 2.75. The lowest BCUT2D eigenvalue weighted by Gasteiger charge is -2.34. The lowest BCUT2D eigenvalue weighted by molar-refractivity contribution is 0.0624. The Kier molecular flexibility index (Phi) is 5.13. The van der Waals surface area contributed by atoms with Crippen molar-refractivity contribution in [3.05, 3.63) is 65.4 Å². The van der Waals surface area contributed by atoms with Gasteiger partial charge >= 0.3 is 0 Å². The van der Waals surface area contributed by atoms with E-state index in [0.29, 0.717) is 13.1 Å². The molecule has 6 nitrogen and oxygen atoms in total. The summed E-state index contributed by atoms with van der Waals surface area (Å²) in [4.78, 5) is 27.4. The molecule has 2 N–H and O–H groups in total. The highest BCUT2D eigenvalue weighted by molar-refractivity contribution is 7.15. The third-order valence-electron chi connectivity index (χ3n) is 4.69. The van der Waals surface area contributed by atoms with E-state index in [9.17, 15) is 4.79 Å². The Morgan fingerprint density at radius 1 is 1.00 bits per heavy atom. The maximum atomic E-state index is 12.6. The maximum absolute atomic E-state index is 12.6. The number of aromatic nitrogens is 2. The van der Waals surface area contributed by atoms with Crippen LogP contribution in [-0.2, 0) is 6.54 Å². The van der Waals surface area contributed by atoms with Gasteiger partial charge in [-0.3, -0.25) is 9.69 Å². The highest BCUT2D eigenvalue weighted by Gasteiger charge is 2.24. The molecule has 1 amide bonds. The molecule has 138 valence electrons. The molecular weight excluding hydrogens is 358 g/mol. The first-order chi connectivity index (χ1) is 13.2. The van der Waals surface area contributed by atoms with Crippen molar-refractivity contribution in [2.45, 2.75) is 6.54 Å². The molecule has 1 fully saturated rings. The number of rotatable bonds is 4. The molecule has 1 aromatic carbocycles. The zero-order valence-corrected chi connectivity index (χ0v) is 15.7. The van der Waals surface area contributed by atoms with Crippen LogP contribution < -0.4 is 5.73 Å². The van der Waals surface area contributed by atoms with Crippen molar-refractivity contribution in [3.8, 4) is 10.4 Å². The molecule has 0 spiro atoms. The molecule has 3 heterocycles. The largest absolute Gasteiger partial charge is 0.382 e. The summed E-state index contributed by atoms with van der Waals surface area (Å²) >= 11 is 1.83. The Morgan fingerprint density at radius 3 is 2.48 bits per heavy atom. The normalized spacial score (nSPS) is 15.0. The summed E-state index contributed by atoms with van der Waals surface area (Å²) < 4.78 is 0. The van der Waals surface area contributed by atoms with Crippen LogP contribution in [-0.4, -0.2) is 51.9 Å². The van der Waals surface area contributed by atoms with Crippen LogP contribution >= 0.6 is 11.3 Å². The van der Waals surface area contributed by atoms with Gasteiger partial charge in [0.25, 0.3) is 5.91 Å². The van der Waals surface area contributed by atoms with Crippen molar-refractivity contribution in [1.29, 1.82) is 0 Å². The van der Waals surface area contributed by atoms with Crippen molar-refractivity contribution in [3.63, 3.8) is 0 Å². The van der Waals surface area contributed by atoms with Gasteiger partial charge in [-0.2, -0.15) is 0 Å². The standard InChI is InChI=1S/C20H21N5OS/c21-19-18(22-8-9-23-19)20(26)25-12-10-24(11-13-25)14-16-6-7-17(27-16)15-4-2-1-3-5-15/h1-9H,10-14H2,(H2,21,23). The monoisotopic (exact) mass is 379 g/mol. The zero-order valence-electron chi connectivity index (χ0n) is 14.9. The minimum atomic E-state index is -0.136. The number of hydrogen-bond acceptors (Lipinski definition) is 6. The first kappa shape index (κ1) is 17.6. The lowest BCUT2D eigenvalue weighted by Crippen LogP contribution is -2.48. The number of piperazine rings is 1. The highest BCUT2D eigenvalue weighted by atomic mass is 32.1. The van der Waals surface area contributed by atoms with E-state index < -0.39 is 0 Å². The van der Waals surface area contributed by atoms with Crippen LogP contribution in [0, 0.1) is 0 Å².